The number of carbonyl (C=O) groups excluding carboxylic acids is 1. The third-order valence-corrected chi connectivity index (χ3v) is 5.99. The lowest BCUT2D eigenvalue weighted by atomic mass is 10.2. The first kappa shape index (κ1) is 29.4. The number of nitrogens with zero attached hydrogens (tertiary/aromatic N) is 4. The van der Waals surface area contributed by atoms with Crippen molar-refractivity contribution in [3.63, 3.8) is 0 Å². The maximum absolute atomic E-state index is 12.0. The van der Waals surface area contributed by atoms with Crippen molar-refractivity contribution in [3.05, 3.63) is 108 Å². The highest BCUT2D eigenvalue weighted by Crippen LogP contribution is 2.16. The van der Waals surface area contributed by atoms with Crippen LogP contribution < -0.4 is 20.9 Å². The Hall–Kier alpha value is -4.54. The van der Waals surface area contributed by atoms with E-state index in [0.29, 0.717) is 76.0 Å². The molecule has 41 heavy (non-hydrogen) atoms. The predicted molar refractivity (Wildman–Crippen MR) is 161 cm³/mol. The van der Waals surface area contributed by atoms with E-state index in [9.17, 15) is 4.79 Å². The molecule has 0 fully saturated rings. The molecule has 4 rings (SSSR count). The predicted octanol–water partition coefficient (Wildman–Crippen LogP) is 4.00. The Morgan fingerprint density at radius 3 is 1.90 bits per heavy atom. The molecule has 0 aliphatic carbocycles. The van der Waals surface area contributed by atoms with Gasteiger partial charge in [-0.05, 0) is 23.3 Å². The second-order valence-corrected chi connectivity index (χ2v) is 9.24. The van der Waals surface area contributed by atoms with E-state index in [4.69, 9.17) is 9.47 Å². The molecule has 1 aromatic heterocycles. The maximum Gasteiger partial charge on any atom is 0.251 e. The van der Waals surface area contributed by atoms with Crippen LogP contribution >= 0.6 is 0 Å². The lowest BCUT2D eigenvalue weighted by Crippen LogP contribution is -2.27. The molecule has 0 aliphatic heterocycles. The summed E-state index contributed by atoms with van der Waals surface area (Å²) in [6.45, 7) is 4.00. The molecule has 0 spiro atoms. The van der Waals surface area contributed by atoms with Gasteiger partial charge in [-0.2, -0.15) is 15.0 Å². The van der Waals surface area contributed by atoms with E-state index >= 15 is 0 Å². The van der Waals surface area contributed by atoms with E-state index in [2.05, 4.69) is 55.2 Å². The van der Waals surface area contributed by atoms with E-state index in [0.717, 1.165) is 11.1 Å². The lowest BCUT2D eigenvalue weighted by molar-refractivity contribution is 0.0519. The fourth-order valence-corrected chi connectivity index (χ4v) is 3.88. The monoisotopic (exact) mass is 555 g/mol. The number of rotatable bonds is 17. The molecule has 214 valence electrons. The molecule has 3 aromatic carbocycles. The highest BCUT2D eigenvalue weighted by Gasteiger charge is 2.11. The normalized spacial score (nSPS) is 10.7. The van der Waals surface area contributed by atoms with Crippen LogP contribution in [0, 0.1) is 0 Å². The fraction of sp³-hybridized carbons (Fsp3) is 0.290. The average molecular weight is 556 g/mol. The number of carbonyl (C=O) groups is 1. The third kappa shape index (κ3) is 10.5. The van der Waals surface area contributed by atoms with Crippen molar-refractivity contribution in [1.29, 1.82) is 0 Å². The second-order valence-electron chi connectivity index (χ2n) is 9.24. The van der Waals surface area contributed by atoms with Crippen LogP contribution in [0.4, 0.5) is 17.8 Å². The number of benzene rings is 3. The number of aromatic nitrogens is 3. The SMILES string of the molecule is CN(Cc1ccccc1)c1nc(NCCOCCOCCNC(=O)c2ccccc2)nc(NCc2ccccc2)n1. The molecule has 1 amide bonds. The standard InChI is InChI=1S/C31H37N7O3/c1-38(24-26-13-7-3-8-14-26)31-36-29(35-30(37-31)34-23-25-11-5-2-6-12-25)33-18-20-41-22-21-40-19-17-32-28(39)27-15-9-4-10-16-27/h2-16H,17-24H2,1H3,(H,32,39)(H2,33,34,35,36,37). The molecule has 3 N–H and O–H groups in total. The summed E-state index contributed by atoms with van der Waals surface area (Å²) in [6, 6.07) is 29.4. The number of amides is 1. The minimum absolute atomic E-state index is 0.109. The summed E-state index contributed by atoms with van der Waals surface area (Å²) in [5.41, 5.74) is 2.93. The molecule has 0 aliphatic rings. The first-order chi connectivity index (χ1) is 20.2. The van der Waals surface area contributed by atoms with E-state index in [1.807, 2.05) is 66.5 Å². The highest BCUT2D eigenvalue weighted by molar-refractivity contribution is 5.94. The number of anilines is 3. The molecular formula is C31H37N7O3. The summed E-state index contributed by atoms with van der Waals surface area (Å²) < 4.78 is 11.2. The smallest absolute Gasteiger partial charge is 0.251 e. The minimum Gasteiger partial charge on any atom is -0.377 e. The van der Waals surface area contributed by atoms with Gasteiger partial charge in [0.05, 0.1) is 26.4 Å². The summed E-state index contributed by atoms with van der Waals surface area (Å²) in [6.07, 6.45) is 0. The van der Waals surface area contributed by atoms with Crippen LogP contribution in [0.2, 0.25) is 0 Å². The van der Waals surface area contributed by atoms with Crippen LogP contribution in [-0.2, 0) is 22.6 Å². The molecule has 0 bridgehead atoms. The van der Waals surface area contributed by atoms with Gasteiger partial charge < -0.3 is 30.3 Å². The molecular weight excluding hydrogens is 518 g/mol. The number of hydrogen-bond donors (Lipinski definition) is 3. The molecule has 0 radical (unpaired) electrons. The topological polar surface area (TPSA) is 114 Å². The summed E-state index contributed by atoms with van der Waals surface area (Å²) >= 11 is 0. The fourth-order valence-electron chi connectivity index (χ4n) is 3.88. The van der Waals surface area contributed by atoms with Crippen molar-refractivity contribution >= 4 is 23.8 Å². The van der Waals surface area contributed by atoms with E-state index in [-0.39, 0.29) is 5.91 Å². The summed E-state index contributed by atoms with van der Waals surface area (Å²) in [4.78, 5) is 27.8. The van der Waals surface area contributed by atoms with Crippen molar-refractivity contribution in [2.75, 3.05) is 62.1 Å². The Labute approximate surface area is 241 Å². The van der Waals surface area contributed by atoms with E-state index in [1.165, 1.54) is 0 Å². The molecule has 1 heterocycles. The largest absolute Gasteiger partial charge is 0.377 e. The van der Waals surface area contributed by atoms with Gasteiger partial charge in [0.25, 0.3) is 5.91 Å². The highest BCUT2D eigenvalue weighted by atomic mass is 16.5. The average Bonchev–Trinajstić information content (AvgIpc) is 3.02. The Kier molecular flexibility index (Phi) is 11.9. The van der Waals surface area contributed by atoms with E-state index in [1.54, 1.807) is 12.1 Å². The summed E-state index contributed by atoms with van der Waals surface area (Å²) in [5.74, 6) is 1.42. The first-order valence-corrected chi connectivity index (χ1v) is 13.7. The summed E-state index contributed by atoms with van der Waals surface area (Å²) in [7, 11) is 1.96. The second kappa shape index (κ2) is 16.5. The Morgan fingerprint density at radius 2 is 1.24 bits per heavy atom. The Balaban J connectivity index is 1.19. The Morgan fingerprint density at radius 1 is 0.683 bits per heavy atom. The molecule has 10 nitrogen and oxygen atoms in total. The maximum atomic E-state index is 12.0. The third-order valence-electron chi connectivity index (χ3n) is 5.99. The van der Waals surface area contributed by atoms with Crippen molar-refractivity contribution in [3.8, 4) is 0 Å². The molecule has 0 saturated heterocycles. The van der Waals surface area contributed by atoms with Crippen LogP contribution in [0.25, 0.3) is 0 Å². The van der Waals surface area contributed by atoms with Gasteiger partial charge in [0.15, 0.2) is 0 Å². The zero-order chi connectivity index (χ0) is 28.5. The first-order valence-electron chi connectivity index (χ1n) is 13.7. The van der Waals surface area contributed by atoms with Gasteiger partial charge in [-0.15, -0.1) is 0 Å². The lowest BCUT2D eigenvalue weighted by Gasteiger charge is -2.19. The van der Waals surface area contributed by atoms with Gasteiger partial charge in [0.2, 0.25) is 17.8 Å². The molecule has 0 atom stereocenters. The zero-order valence-corrected chi connectivity index (χ0v) is 23.3. The van der Waals surface area contributed by atoms with Crippen LogP contribution in [0.5, 0.6) is 0 Å². The zero-order valence-electron chi connectivity index (χ0n) is 23.3. The van der Waals surface area contributed by atoms with Crippen LogP contribution in [-0.4, -0.2) is 67.4 Å². The van der Waals surface area contributed by atoms with E-state index < -0.39 is 0 Å². The van der Waals surface area contributed by atoms with Crippen molar-refractivity contribution in [2.45, 2.75) is 13.1 Å². The van der Waals surface area contributed by atoms with Crippen LogP contribution in [0.3, 0.4) is 0 Å². The minimum atomic E-state index is -0.109. The molecule has 0 unspecified atom stereocenters. The van der Waals surface area contributed by atoms with Gasteiger partial charge in [0.1, 0.15) is 0 Å². The van der Waals surface area contributed by atoms with Crippen molar-refractivity contribution in [2.24, 2.45) is 0 Å². The van der Waals surface area contributed by atoms with Crippen LogP contribution in [0.1, 0.15) is 21.5 Å². The van der Waals surface area contributed by atoms with Crippen LogP contribution in [0.15, 0.2) is 91.0 Å². The molecule has 0 saturated carbocycles. The number of hydrogen-bond acceptors (Lipinski definition) is 9. The quantitative estimate of drug-likeness (QED) is 0.166. The van der Waals surface area contributed by atoms with Crippen molar-refractivity contribution in [1.82, 2.24) is 20.3 Å². The molecule has 10 heteroatoms. The molecule has 4 aromatic rings. The van der Waals surface area contributed by atoms with Gasteiger partial charge in [-0.1, -0.05) is 78.9 Å². The van der Waals surface area contributed by atoms with Gasteiger partial charge >= 0.3 is 0 Å². The van der Waals surface area contributed by atoms with Gasteiger partial charge in [-0.25, -0.2) is 0 Å². The Bertz CT molecular complexity index is 1310. The van der Waals surface area contributed by atoms with Gasteiger partial charge in [0, 0.05) is 38.8 Å². The van der Waals surface area contributed by atoms with Gasteiger partial charge in [-0.3, -0.25) is 4.79 Å². The van der Waals surface area contributed by atoms with Crippen molar-refractivity contribution < 1.29 is 14.3 Å². The number of nitrogens with one attached hydrogen (secondary N) is 3. The summed E-state index contributed by atoms with van der Waals surface area (Å²) in [5, 5.41) is 9.38. The number of ether oxygens (including phenoxy) is 2.